The minimum absolute atomic E-state index is 0.248. The van der Waals surface area contributed by atoms with Crippen LogP contribution in [0, 0.1) is 0 Å². The first-order valence-electron chi connectivity index (χ1n) is 5.70. The highest BCUT2D eigenvalue weighted by Crippen LogP contribution is 2.40. The summed E-state index contributed by atoms with van der Waals surface area (Å²) in [6, 6.07) is 1.85. The molecule has 110 valence electrons. The molecule has 0 fully saturated rings. The number of rotatable bonds is 7. The number of carboxylic acids is 1. The molecule has 0 aromatic heterocycles. The Bertz CT molecular complexity index is 477. The van der Waals surface area contributed by atoms with Gasteiger partial charge >= 0.3 is 5.97 Å². The van der Waals surface area contributed by atoms with E-state index in [0.29, 0.717) is 12.2 Å². The van der Waals surface area contributed by atoms with Crippen LogP contribution in [0.3, 0.4) is 0 Å². The molecule has 1 N–H and O–H groups in total. The molecular formula is C13H17NO6. The van der Waals surface area contributed by atoms with Crippen LogP contribution in [0.1, 0.15) is 11.6 Å². The molecule has 1 aromatic rings. The highest BCUT2D eigenvalue weighted by atomic mass is 16.5. The second kappa shape index (κ2) is 6.65. The van der Waals surface area contributed by atoms with Crippen molar-refractivity contribution in [2.24, 2.45) is 0 Å². The van der Waals surface area contributed by atoms with Crippen LogP contribution in [0.5, 0.6) is 17.2 Å². The zero-order chi connectivity index (χ0) is 15.3. The fourth-order valence-corrected chi connectivity index (χ4v) is 1.86. The van der Waals surface area contributed by atoms with E-state index in [2.05, 4.69) is 0 Å². The van der Waals surface area contributed by atoms with Gasteiger partial charge in [-0.3, -0.25) is 4.79 Å². The minimum Gasteiger partial charge on any atom is -0.496 e. The van der Waals surface area contributed by atoms with Crippen molar-refractivity contribution >= 4 is 12.4 Å². The second-order valence-electron chi connectivity index (χ2n) is 3.96. The highest BCUT2D eigenvalue weighted by Gasteiger charge is 2.31. The predicted octanol–water partition coefficient (Wildman–Crippen LogP) is 0.926. The van der Waals surface area contributed by atoms with Crippen LogP contribution in [0.4, 0.5) is 0 Å². The van der Waals surface area contributed by atoms with Crippen LogP contribution in [0.15, 0.2) is 12.1 Å². The normalized spacial score (nSPS) is 11.4. The van der Waals surface area contributed by atoms with Crippen molar-refractivity contribution in [2.45, 2.75) is 6.04 Å². The monoisotopic (exact) mass is 283 g/mol. The molecule has 0 bridgehead atoms. The zero-order valence-electron chi connectivity index (χ0n) is 11.7. The largest absolute Gasteiger partial charge is 0.496 e. The Morgan fingerprint density at radius 2 is 1.70 bits per heavy atom. The Hall–Kier alpha value is -2.44. The average Bonchev–Trinajstić information content (AvgIpc) is 2.46. The number of hydrogen-bond acceptors (Lipinski definition) is 5. The second-order valence-corrected chi connectivity index (χ2v) is 3.96. The molecule has 1 aromatic carbocycles. The van der Waals surface area contributed by atoms with Crippen LogP contribution in [0.25, 0.3) is 0 Å². The number of amides is 1. The number of methoxy groups -OCH3 is 3. The van der Waals surface area contributed by atoms with Gasteiger partial charge in [0.05, 0.1) is 26.9 Å². The summed E-state index contributed by atoms with van der Waals surface area (Å²) in [5.41, 5.74) is 0.248. The van der Waals surface area contributed by atoms with Crippen LogP contribution in [-0.2, 0) is 9.59 Å². The SMILES string of the molecule is COc1cc(OC)c(C(C(=O)O)N(C)C=O)c(OC)c1. The van der Waals surface area contributed by atoms with Gasteiger partial charge in [0.2, 0.25) is 6.41 Å². The Balaban J connectivity index is 3.53. The lowest BCUT2D eigenvalue weighted by Gasteiger charge is -2.24. The van der Waals surface area contributed by atoms with E-state index in [9.17, 15) is 14.7 Å². The first-order chi connectivity index (χ1) is 9.49. The number of benzene rings is 1. The van der Waals surface area contributed by atoms with Gasteiger partial charge in [-0.15, -0.1) is 0 Å². The molecule has 1 amide bonds. The first kappa shape index (κ1) is 15.6. The van der Waals surface area contributed by atoms with Crippen molar-refractivity contribution in [3.8, 4) is 17.2 Å². The number of hydrogen-bond donors (Lipinski definition) is 1. The highest BCUT2D eigenvalue weighted by molar-refractivity contribution is 5.80. The maximum Gasteiger partial charge on any atom is 0.331 e. The van der Waals surface area contributed by atoms with Gasteiger partial charge in [0.1, 0.15) is 17.2 Å². The van der Waals surface area contributed by atoms with E-state index in [0.717, 1.165) is 4.90 Å². The van der Waals surface area contributed by atoms with Crippen molar-refractivity contribution in [1.82, 2.24) is 4.90 Å². The molecular weight excluding hydrogens is 266 g/mol. The average molecular weight is 283 g/mol. The summed E-state index contributed by atoms with van der Waals surface area (Å²) in [7, 11) is 5.64. The summed E-state index contributed by atoms with van der Waals surface area (Å²) in [5.74, 6) is -0.202. The molecule has 0 spiro atoms. The van der Waals surface area contributed by atoms with Crippen molar-refractivity contribution in [2.75, 3.05) is 28.4 Å². The van der Waals surface area contributed by atoms with Gasteiger partial charge in [0.15, 0.2) is 6.04 Å². The number of likely N-dealkylation sites (N-methyl/N-ethyl adjacent to an activating group) is 1. The van der Waals surface area contributed by atoms with E-state index in [1.54, 1.807) is 0 Å². The predicted molar refractivity (Wildman–Crippen MR) is 70.3 cm³/mol. The van der Waals surface area contributed by atoms with Gasteiger partial charge in [-0.1, -0.05) is 0 Å². The van der Waals surface area contributed by atoms with Crippen molar-refractivity contribution in [3.63, 3.8) is 0 Å². The molecule has 0 aliphatic rings. The third-order valence-electron chi connectivity index (χ3n) is 2.83. The molecule has 7 heteroatoms. The third-order valence-corrected chi connectivity index (χ3v) is 2.83. The summed E-state index contributed by atoms with van der Waals surface area (Å²) >= 11 is 0. The molecule has 0 aliphatic carbocycles. The number of carbonyl (C=O) groups excluding carboxylic acids is 1. The smallest absolute Gasteiger partial charge is 0.331 e. The lowest BCUT2D eigenvalue weighted by Crippen LogP contribution is -2.30. The van der Waals surface area contributed by atoms with E-state index in [1.807, 2.05) is 0 Å². The summed E-state index contributed by atoms with van der Waals surface area (Å²) in [6.07, 6.45) is 0.432. The maximum atomic E-state index is 11.4. The molecule has 0 saturated heterocycles. The van der Waals surface area contributed by atoms with Crippen molar-refractivity contribution in [1.29, 1.82) is 0 Å². The van der Waals surface area contributed by atoms with E-state index >= 15 is 0 Å². The van der Waals surface area contributed by atoms with E-state index in [-0.39, 0.29) is 17.1 Å². The third kappa shape index (κ3) is 2.93. The van der Waals surface area contributed by atoms with Crippen molar-refractivity contribution < 1.29 is 28.9 Å². The fraction of sp³-hybridized carbons (Fsp3) is 0.385. The van der Waals surface area contributed by atoms with Crippen LogP contribution in [-0.4, -0.2) is 50.8 Å². The fourth-order valence-electron chi connectivity index (χ4n) is 1.86. The first-order valence-corrected chi connectivity index (χ1v) is 5.70. The number of carboxylic acid groups (broad SMARTS) is 1. The summed E-state index contributed by atoms with van der Waals surface area (Å²) in [4.78, 5) is 23.4. The lowest BCUT2D eigenvalue weighted by molar-refractivity contribution is -0.145. The van der Waals surface area contributed by atoms with Gasteiger partial charge in [0, 0.05) is 19.2 Å². The Kier molecular flexibility index (Phi) is 5.19. The van der Waals surface area contributed by atoms with Crippen LogP contribution in [0.2, 0.25) is 0 Å². The molecule has 0 saturated carbocycles. The number of aliphatic carboxylic acids is 1. The number of carbonyl (C=O) groups is 2. The Morgan fingerprint density at radius 1 is 1.20 bits per heavy atom. The maximum absolute atomic E-state index is 11.4. The summed E-state index contributed by atoms with van der Waals surface area (Å²) < 4.78 is 15.5. The number of ether oxygens (including phenoxy) is 3. The van der Waals surface area contributed by atoms with Gasteiger partial charge < -0.3 is 24.2 Å². The van der Waals surface area contributed by atoms with Gasteiger partial charge in [-0.05, 0) is 0 Å². The molecule has 1 atom stereocenters. The molecule has 0 aliphatic heterocycles. The molecule has 0 heterocycles. The standard InChI is InChI=1S/C13H17NO6/c1-14(7-15)12(13(16)17)11-9(19-3)5-8(18-2)6-10(11)20-4/h5-7,12H,1-4H3,(H,16,17). The van der Waals surface area contributed by atoms with E-state index in [4.69, 9.17) is 14.2 Å². The topological polar surface area (TPSA) is 85.3 Å². The van der Waals surface area contributed by atoms with Gasteiger partial charge in [-0.25, -0.2) is 4.79 Å². The van der Waals surface area contributed by atoms with Crippen LogP contribution < -0.4 is 14.2 Å². The molecule has 0 radical (unpaired) electrons. The lowest BCUT2D eigenvalue weighted by atomic mass is 10.0. The Labute approximate surface area is 116 Å². The van der Waals surface area contributed by atoms with E-state index < -0.39 is 12.0 Å². The Morgan fingerprint density at radius 3 is 2.00 bits per heavy atom. The van der Waals surface area contributed by atoms with Crippen molar-refractivity contribution in [3.05, 3.63) is 17.7 Å². The van der Waals surface area contributed by atoms with Gasteiger partial charge in [-0.2, -0.15) is 0 Å². The molecule has 20 heavy (non-hydrogen) atoms. The quantitative estimate of drug-likeness (QED) is 0.749. The zero-order valence-corrected chi connectivity index (χ0v) is 11.7. The number of nitrogens with zero attached hydrogens (tertiary/aromatic N) is 1. The van der Waals surface area contributed by atoms with Gasteiger partial charge in [0.25, 0.3) is 0 Å². The minimum atomic E-state index is -1.22. The van der Waals surface area contributed by atoms with Crippen LogP contribution >= 0.6 is 0 Å². The molecule has 1 rings (SSSR count). The summed E-state index contributed by atoms with van der Waals surface area (Å²) in [6.45, 7) is 0. The van der Waals surface area contributed by atoms with E-state index in [1.165, 1.54) is 40.5 Å². The molecule has 7 nitrogen and oxygen atoms in total. The summed E-state index contributed by atoms with van der Waals surface area (Å²) in [5, 5.41) is 9.35. The molecule has 1 unspecified atom stereocenters.